The van der Waals surface area contributed by atoms with Crippen LogP contribution < -0.4 is 11.1 Å². The van der Waals surface area contributed by atoms with Crippen LogP contribution in [0.25, 0.3) is 0 Å². The van der Waals surface area contributed by atoms with Crippen LogP contribution in [-0.4, -0.2) is 11.0 Å². The number of aryl methyl sites for hydroxylation is 1. The van der Waals surface area contributed by atoms with E-state index in [4.69, 9.17) is 5.73 Å². The molecule has 0 unspecified atom stereocenters. The van der Waals surface area contributed by atoms with Crippen molar-refractivity contribution in [1.29, 1.82) is 0 Å². The number of hydrogen-bond acceptors (Lipinski definition) is 3. The van der Waals surface area contributed by atoms with Crippen LogP contribution in [0, 0.1) is 6.92 Å². The van der Waals surface area contributed by atoms with Crippen LogP contribution in [0.3, 0.4) is 0 Å². The number of rotatable bonds is 2. The van der Waals surface area contributed by atoms with Crippen LogP contribution in [0.1, 0.15) is 15.9 Å². The molecule has 92 valence electrons. The summed E-state index contributed by atoms with van der Waals surface area (Å²) < 4.78 is 0. The second-order valence-electron chi connectivity index (χ2n) is 4.08. The van der Waals surface area contributed by atoms with Crippen molar-refractivity contribution in [3.05, 3.63) is 53.6 Å². The van der Waals surface area contributed by atoms with Gasteiger partial charge in [0.05, 0.1) is 0 Å². The molecule has 2 aromatic rings. The third-order valence-electron chi connectivity index (χ3n) is 2.62. The Morgan fingerprint density at radius 3 is 2.67 bits per heavy atom. The summed E-state index contributed by atoms with van der Waals surface area (Å²) in [4.78, 5) is 11.9. The predicted octanol–water partition coefficient (Wildman–Crippen LogP) is 2.54. The van der Waals surface area contributed by atoms with Gasteiger partial charge in [-0.25, -0.2) is 0 Å². The molecule has 0 aliphatic rings. The quantitative estimate of drug-likeness (QED) is 0.708. The topological polar surface area (TPSA) is 75.4 Å². The molecule has 0 aromatic heterocycles. The van der Waals surface area contributed by atoms with Crippen molar-refractivity contribution in [2.75, 3.05) is 11.1 Å². The van der Waals surface area contributed by atoms with Gasteiger partial charge in [0.1, 0.15) is 5.75 Å². The molecule has 2 aromatic carbocycles. The van der Waals surface area contributed by atoms with E-state index >= 15 is 0 Å². The van der Waals surface area contributed by atoms with Gasteiger partial charge in [-0.2, -0.15) is 0 Å². The maximum Gasteiger partial charge on any atom is 0.255 e. The van der Waals surface area contributed by atoms with Crippen LogP contribution in [0.4, 0.5) is 11.4 Å². The first-order valence-corrected chi connectivity index (χ1v) is 5.53. The lowest BCUT2D eigenvalue weighted by molar-refractivity contribution is 0.102. The maximum absolute atomic E-state index is 11.9. The molecule has 0 saturated carbocycles. The molecule has 4 N–H and O–H groups in total. The summed E-state index contributed by atoms with van der Waals surface area (Å²) in [6.45, 7) is 1.79. The summed E-state index contributed by atoms with van der Waals surface area (Å²) in [5, 5.41) is 12.3. The summed E-state index contributed by atoms with van der Waals surface area (Å²) in [6.07, 6.45) is 0. The Morgan fingerprint density at radius 2 is 2.00 bits per heavy atom. The number of nitrogens with one attached hydrogen (secondary N) is 1. The van der Waals surface area contributed by atoms with Gasteiger partial charge >= 0.3 is 0 Å². The third kappa shape index (κ3) is 2.60. The molecule has 1 amide bonds. The lowest BCUT2D eigenvalue weighted by Crippen LogP contribution is -2.12. The Bertz CT molecular complexity index is 594. The predicted molar refractivity (Wildman–Crippen MR) is 71.7 cm³/mol. The normalized spacial score (nSPS) is 10.1. The summed E-state index contributed by atoms with van der Waals surface area (Å²) in [5.41, 5.74) is 7.94. The lowest BCUT2D eigenvalue weighted by atomic mass is 10.1. The molecule has 0 heterocycles. The van der Waals surface area contributed by atoms with Crippen molar-refractivity contribution in [1.82, 2.24) is 0 Å². The van der Waals surface area contributed by atoms with E-state index in [1.807, 2.05) is 0 Å². The van der Waals surface area contributed by atoms with Crippen molar-refractivity contribution in [3.63, 3.8) is 0 Å². The Hall–Kier alpha value is -2.49. The Labute approximate surface area is 105 Å². The molecule has 4 nitrogen and oxygen atoms in total. The van der Waals surface area contributed by atoms with Crippen molar-refractivity contribution in [2.45, 2.75) is 6.92 Å². The smallest absolute Gasteiger partial charge is 0.255 e. The molecular formula is C14H14N2O2. The lowest BCUT2D eigenvalue weighted by Gasteiger charge is -2.07. The van der Waals surface area contributed by atoms with Gasteiger partial charge in [0.15, 0.2) is 0 Å². The molecule has 4 heteroatoms. The molecule has 0 fully saturated rings. The van der Waals surface area contributed by atoms with Crippen molar-refractivity contribution in [3.8, 4) is 5.75 Å². The average molecular weight is 242 g/mol. The average Bonchev–Trinajstić information content (AvgIpc) is 2.34. The van der Waals surface area contributed by atoms with E-state index < -0.39 is 0 Å². The fraction of sp³-hybridized carbons (Fsp3) is 0.0714. The van der Waals surface area contributed by atoms with E-state index in [0.29, 0.717) is 16.9 Å². The van der Waals surface area contributed by atoms with Gasteiger partial charge in [-0.15, -0.1) is 0 Å². The van der Waals surface area contributed by atoms with E-state index in [0.717, 1.165) is 5.56 Å². The highest BCUT2D eigenvalue weighted by Gasteiger charge is 2.07. The van der Waals surface area contributed by atoms with Crippen molar-refractivity contribution >= 4 is 17.3 Å². The largest absolute Gasteiger partial charge is 0.508 e. The highest BCUT2D eigenvalue weighted by molar-refractivity contribution is 6.04. The van der Waals surface area contributed by atoms with Gasteiger partial charge < -0.3 is 16.2 Å². The molecule has 0 atom stereocenters. The van der Waals surface area contributed by atoms with Gasteiger partial charge in [0, 0.05) is 23.0 Å². The molecule has 0 spiro atoms. The molecule has 0 aliphatic carbocycles. The first kappa shape index (κ1) is 12.0. The monoisotopic (exact) mass is 242 g/mol. The third-order valence-corrected chi connectivity index (χ3v) is 2.62. The number of phenols is 1. The molecule has 0 bridgehead atoms. The maximum atomic E-state index is 11.9. The minimum absolute atomic E-state index is 0.153. The fourth-order valence-corrected chi connectivity index (χ4v) is 1.57. The van der Waals surface area contributed by atoms with Crippen LogP contribution >= 0.6 is 0 Å². The van der Waals surface area contributed by atoms with Gasteiger partial charge in [0.2, 0.25) is 0 Å². The number of phenolic OH excluding ortho intramolecular Hbond substituents is 1. The first-order chi connectivity index (χ1) is 8.56. The standard InChI is InChI=1S/C14H14N2O2/c1-9-5-6-12(8-13(9)17)16-14(18)10-3-2-4-11(15)7-10/h2-8,17H,15H2,1H3,(H,16,18). The number of benzene rings is 2. The number of anilines is 2. The van der Waals surface area contributed by atoms with Crippen molar-refractivity contribution < 1.29 is 9.90 Å². The number of carbonyl (C=O) groups is 1. The summed E-state index contributed by atoms with van der Waals surface area (Å²) in [5.74, 6) is -0.106. The number of hydrogen-bond donors (Lipinski definition) is 3. The Kier molecular flexibility index (Phi) is 3.19. The van der Waals surface area contributed by atoms with E-state index in [2.05, 4.69) is 5.32 Å². The minimum Gasteiger partial charge on any atom is -0.508 e. The zero-order valence-corrected chi connectivity index (χ0v) is 9.97. The first-order valence-electron chi connectivity index (χ1n) is 5.53. The van der Waals surface area contributed by atoms with Crippen LogP contribution in [0.2, 0.25) is 0 Å². The second kappa shape index (κ2) is 4.79. The van der Waals surface area contributed by atoms with Gasteiger partial charge in [-0.05, 0) is 36.8 Å². The zero-order chi connectivity index (χ0) is 13.1. The van der Waals surface area contributed by atoms with Crippen LogP contribution in [-0.2, 0) is 0 Å². The molecule has 0 saturated heterocycles. The Morgan fingerprint density at radius 1 is 1.22 bits per heavy atom. The van der Waals surface area contributed by atoms with E-state index in [-0.39, 0.29) is 11.7 Å². The number of nitrogens with two attached hydrogens (primary N) is 1. The van der Waals surface area contributed by atoms with E-state index in [1.54, 1.807) is 43.3 Å². The van der Waals surface area contributed by atoms with Gasteiger partial charge in [0.25, 0.3) is 5.91 Å². The van der Waals surface area contributed by atoms with Crippen LogP contribution in [0.5, 0.6) is 5.75 Å². The Balaban J connectivity index is 2.18. The van der Waals surface area contributed by atoms with Gasteiger partial charge in [-0.3, -0.25) is 4.79 Å². The summed E-state index contributed by atoms with van der Waals surface area (Å²) >= 11 is 0. The minimum atomic E-state index is -0.259. The van der Waals surface area contributed by atoms with E-state index in [9.17, 15) is 9.90 Å². The van der Waals surface area contributed by atoms with Crippen LogP contribution in [0.15, 0.2) is 42.5 Å². The molecular weight excluding hydrogens is 228 g/mol. The number of aromatic hydroxyl groups is 1. The second-order valence-corrected chi connectivity index (χ2v) is 4.08. The van der Waals surface area contributed by atoms with Gasteiger partial charge in [-0.1, -0.05) is 12.1 Å². The van der Waals surface area contributed by atoms with E-state index in [1.165, 1.54) is 6.07 Å². The number of amides is 1. The highest BCUT2D eigenvalue weighted by atomic mass is 16.3. The number of carbonyl (C=O) groups excluding carboxylic acids is 1. The fourth-order valence-electron chi connectivity index (χ4n) is 1.57. The molecule has 0 radical (unpaired) electrons. The summed E-state index contributed by atoms with van der Waals surface area (Å²) in [6, 6.07) is 11.7. The molecule has 2 rings (SSSR count). The molecule has 18 heavy (non-hydrogen) atoms. The molecule has 0 aliphatic heterocycles. The van der Waals surface area contributed by atoms with Crippen molar-refractivity contribution in [2.24, 2.45) is 0 Å². The SMILES string of the molecule is Cc1ccc(NC(=O)c2cccc(N)c2)cc1O. The number of nitrogen functional groups attached to an aromatic ring is 1. The zero-order valence-electron chi connectivity index (χ0n) is 9.97. The summed E-state index contributed by atoms with van der Waals surface area (Å²) in [7, 11) is 0. The highest BCUT2D eigenvalue weighted by Crippen LogP contribution is 2.21.